The molecular formula is C16H24N2OS. The van der Waals surface area contributed by atoms with Gasteiger partial charge >= 0.3 is 0 Å². The Morgan fingerprint density at radius 2 is 1.85 bits per heavy atom. The number of aryl methyl sites for hydroxylation is 1. The van der Waals surface area contributed by atoms with E-state index < -0.39 is 0 Å². The zero-order valence-corrected chi connectivity index (χ0v) is 13.4. The van der Waals surface area contributed by atoms with Crippen LogP contribution in [0, 0.1) is 12.8 Å². The van der Waals surface area contributed by atoms with E-state index in [1.165, 1.54) is 0 Å². The predicted molar refractivity (Wildman–Crippen MR) is 87.9 cm³/mol. The molecule has 0 fully saturated rings. The molecule has 0 aliphatic carbocycles. The fourth-order valence-electron chi connectivity index (χ4n) is 1.85. The summed E-state index contributed by atoms with van der Waals surface area (Å²) in [5, 5.41) is 0. The van der Waals surface area contributed by atoms with Gasteiger partial charge in [-0.2, -0.15) is 0 Å². The standard InChI is InChI=1S/C16H24N2OS/c1-12(2)8-10-18(11-9-15(17)20)16(19)14-6-4-13(3)5-7-14/h4-7,12H,8-11H2,1-3H3,(H2,17,20). The minimum Gasteiger partial charge on any atom is -0.393 e. The lowest BCUT2D eigenvalue weighted by Gasteiger charge is -2.23. The number of benzene rings is 1. The second kappa shape index (κ2) is 8.00. The van der Waals surface area contributed by atoms with Crippen molar-refractivity contribution in [2.45, 2.75) is 33.6 Å². The van der Waals surface area contributed by atoms with Crippen LogP contribution >= 0.6 is 12.2 Å². The van der Waals surface area contributed by atoms with Crippen LogP contribution < -0.4 is 5.73 Å². The van der Waals surface area contributed by atoms with Crippen molar-refractivity contribution in [3.8, 4) is 0 Å². The molecular weight excluding hydrogens is 268 g/mol. The Kier molecular flexibility index (Phi) is 6.65. The minimum atomic E-state index is 0.0573. The topological polar surface area (TPSA) is 46.3 Å². The van der Waals surface area contributed by atoms with Gasteiger partial charge in [0.25, 0.3) is 5.91 Å². The summed E-state index contributed by atoms with van der Waals surface area (Å²) in [5.41, 5.74) is 7.42. The van der Waals surface area contributed by atoms with Gasteiger partial charge < -0.3 is 10.6 Å². The van der Waals surface area contributed by atoms with Gasteiger partial charge in [0.1, 0.15) is 0 Å². The normalized spacial score (nSPS) is 10.6. The molecule has 110 valence electrons. The van der Waals surface area contributed by atoms with Crippen LogP contribution in [0.25, 0.3) is 0 Å². The summed E-state index contributed by atoms with van der Waals surface area (Å²) in [7, 11) is 0. The number of hydrogen-bond donors (Lipinski definition) is 1. The number of nitrogens with zero attached hydrogens (tertiary/aromatic N) is 1. The highest BCUT2D eigenvalue weighted by atomic mass is 32.1. The van der Waals surface area contributed by atoms with Gasteiger partial charge in [0.2, 0.25) is 0 Å². The third-order valence-electron chi connectivity index (χ3n) is 3.19. The highest BCUT2D eigenvalue weighted by Crippen LogP contribution is 2.10. The van der Waals surface area contributed by atoms with Crippen LogP contribution in [0.4, 0.5) is 0 Å². The molecule has 1 rings (SSSR count). The first-order chi connectivity index (χ1) is 9.40. The Labute approximate surface area is 127 Å². The highest BCUT2D eigenvalue weighted by Gasteiger charge is 2.16. The molecule has 0 aliphatic heterocycles. The average Bonchev–Trinajstić information content (AvgIpc) is 2.38. The zero-order chi connectivity index (χ0) is 15.1. The fraction of sp³-hybridized carbons (Fsp3) is 0.500. The van der Waals surface area contributed by atoms with Gasteiger partial charge in [-0.25, -0.2) is 0 Å². The molecule has 0 saturated carbocycles. The molecule has 1 aromatic carbocycles. The smallest absolute Gasteiger partial charge is 0.253 e. The molecule has 1 amide bonds. The lowest BCUT2D eigenvalue weighted by atomic mass is 10.1. The van der Waals surface area contributed by atoms with E-state index >= 15 is 0 Å². The molecule has 0 aromatic heterocycles. The van der Waals surface area contributed by atoms with Gasteiger partial charge in [-0.3, -0.25) is 4.79 Å². The van der Waals surface area contributed by atoms with Crippen LogP contribution in [0.1, 0.15) is 42.6 Å². The number of hydrogen-bond acceptors (Lipinski definition) is 2. The van der Waals surface area contributed by atoms with E-state index in [4.69, 9.17) is 18.0 Å². The van der Waals surface area contributed by atoms with Crippen LogP contribution in [0.5, 0.6) is 0 Å². The summed E-state index contributed by atoms with van der Waals surface area (Å²) in [6.45, 7) is 7.66. The molecule has 20 heavy (non-hydrogen) atoms. The molecule has 0 bridgehead atoms. The molecule has 0 atom stereocenters. The fourth-order valence-corrected chi connectivity index (χ4v) is 1.94. The Hall–Kier alpha value is -1.42. The number of carbonyl (C=O) groups excluding carboxylic acids is 1. The van der Waals surface area contributed by atoms with E-state index in [1.54, 1.807) is 0 Å². The van der Waals surface area contributed by atoms with Crippen molar-refractivity contribution in [2.75, 3.05) is 13.1 Å². The second-order valence-electron chi connectivity index (χ2n) is 5.56. The summed E-state index contributed by atoms with van der Waals surface area (Å²) < 4.78 is 0. The summed E-state index contributed by atoms with van der Waals surface area (Å²) >= 11 is 4.91. The molecule has 0 unspecified atom stereocenters. The Bertz CT molecular complexity index is 454. The maximum atomic E-state index is 12.5. The van der Waals surface area contributed by atoms with Gasteiger partial charge in [0, 0.05) is 25.1 Å². The quantitative estimate of drug-likeness (QED) is 0.785. The molecule has 0 heterocycles. The van der Waals surface area contributed by atoms with Crippen molar-refractivity contribution in [3.63, 3.8) is 0 Å². The first kappa shape index (κ1) is 16.6. The maximum Gasteiger partial charge on any atom is 0.253 e. The number of rotatable bonds is 7. The van der Waals surface area contributed by atoms with Crippen molar-refractivity contribution in [1.29, 1.82) is 0 Å². The van der Waals surface area contributed by atoms with Crippen molar-refractivity contribution in [1.82, 2.24) is 4.90 Å². The third kappa shape index (κ3) is 5.70. The van der Waals surface area contributed by atoms with E-state index in [0.29, 0.717) is 23.9 Å². The van der Waals surface area contributed by atoms with Gasteiger partial charge in [0.05, 0.1) is 4.99 Å². The van der Waals surface area contributed by atoms with Gasteiger partial charge in [-0.05, 0) is 31.4 Å². The van der Waals surface area contributed by atoms with Crippen LogP contribution in [0.3, 0.4) is 0 Å². The number of carbonyl (C=O) groups is 1. The lowest BCUT2D eigenvalue weighted by Crippen LogP contribution is -2.35. The molecule has 0 aliphatic rings. The second-order valence-corrected chi connectivity index (χ2v) is 6.08. The molecule has 3 nitrogen and oxygen atoms in total. The Morgan fingerprint density at radius 1 is 1.25 bits per heavy atom. The summed E-state index contributed by atoms with van der Waals surface area (Å²) in [6.07, 6.45) is 1.56. The van der Waals surface area contributed by atoms with Gasteiger partial charge in [0.15, 0.2) is 0 Å². The van der Waals surface area contributed by atoms with E-state index in [0.717, 1.165) is 24.1 Å². The van der Waals surface area contributed by atoms with Crippen LogP contribution in [0.15, 0.2) is 24.3 Å². The van der Waals surface area contributed by atoms with Gasteiger partial charge in [-0.15, -0.1) is 0 Å². The van der Waals surface area contributed by atoms with Crippen LogP contribution in [-0.4, -0.2) is 28.9 Å². The highest BCUT2D eigenvalue weighted by molar-refractivity contribution is 7.80. The molecule has 1 aromatic rings. The van der Waals surface area contributed by atoms with E-state index in [2.05, 4.69) is 13.8 Å². The molecule has 0 spiro atoms. The predicted octanol–water partition coefficient (Wildman–Crippen LogP) is 3.16. The molecule has 2 N–H and O–H groups in total. The average molecular weight is 292 g/mol. The van der Waals surface area contributed by atoms with Gasteiger partial charge in [-0.1, -0.05) is 43.8 Å². The van der Waals surface area contributed by atoms with Crippen LogP contribution in [0.2, 0.25) is 0 Å². The first-order valence-corrected chi connectivity index (χ1v) is 7.45. The van der Waals surface area contributed by atoms with E-state index in [1.807, 2.05) is 36.1 Å². The largest absolute Gasteiger partial charge is 0.393 e. The molecule has 0 radical (unpaired) electrons. The van der Waals surface area contributed by atoms with Crippen molar-refractivity contribution < 1.29 is 4.79 Å². The van der Waals surface area contributed by atoms with Crippen molar-refractivity contribution in [2.24, 2.45) is 11.7 Å². The third-order valence-corrected chi connectivity index (χ3v) is 3.39. The summed E-state index contributed by atoms with van der Waals surface area (Å²) in [4.78, 5) is 14.8. The van der Waals surface area contributed by atoms with Crippen molar-refractivity contribution in [3.05, 3.63) is 35.4 Å². The Morgan fingerprint density at radius 3 is 2.35 bits per heavy atom. The van der Waals surface area contributed by atoms with Crippen molar-refractivity contribution >= 4 is 23.1 Å². The lowest BCUT2D eigenvalue weighted by molar-refractivity contribution is 0.0753. The molecule has 4 heteroatoms. The summed E-state index contributed by atoms with van der Waals surface area (Å²) in [6, 6.07) is 7.67. The number of amides is 1. The summed E-state index contributed by atoms with van der Waals surface area (Å²) in [5.74, 6) is 0.620. The van der Waals surface area contributed by atoms with E-state index in [-0.39, 0.29) is 5.91 Å². The first-order valence-electron chi connectivity index (χ1n) is 7.04. The van der Waals surface area contributed by atoms with E-state index in [9.17, 15) is 4.79 Å². The van der Waals surface area contributed by atoms with Crippen LogP contribution in [-0.2, 0) is 0 Å². The SMILES string of the molecule is Cc1ccc(C(=O)N(CCC(N)=S)CCC(C)C)cc1. The monoisotopic (exact) mass is 292 g/mol. The Balaban J connectivity index is 2.76. The molecule has 0 saturated heterocycles. The number of thiocarbonyl (C=S) groups is 1. The number of nitrogens with two attached hydrogens (primary N) is 1. The zero-order valence-electron chi connectivity index (χ0n) is 12.6. The minimum absolute atomic E-state index is 0.0573. The maximum absolute atomic E-state index is 12.5.